The molecular weight excluding hydrogens is 320 g/mol. The van der Waals surface area contributed by atoms with E-state index in [0.29, 0.717) is 19.5 Å². The first-order valence-electron chi connectivity index (χ1n) is 8.96. The van der Waals surface area contributed by atoms with Crippen LogP contribution in [0.2, 0.25) is 0 Å². The first kappa shape index (κ1) is 19.0. The van der Waals surface area contributed by atoms with Crippen LogP contribution in [-0.4, -0.2) is 47.1 Å². The zero-order chi connectivity index (χ0) is 17.9. The Hall–Kier alpha value is -2.38. The number of carbonyl (C=O) groups is 2. The molecule has 0 saturated heterocycles. The lowest BCUT2D eigenvalue weighted by Gasteiger charge is -2.23. The maximum Gasteiger partial charge on any atom is 0.315 e. The Balaban J connectivity index is 1.55. The molecule has 1 heterocycles. The molecule has 1 aromatic rings. The third-order valence-corrected chi connectivity index (χ3v) is 4.16. The van der Waals surface area contributed by atoms with Gasteiger partial charge in [0.1, 0.15) is 6.33 Å². The van der Waals surface area contributed by atoms with Crippen molar-refractivity contribution in [2.75, 3.05) is 18.4 Å². The Morgan fingerprint density at radius 1 is 1.20 bits per heavy atom. The first-order chi connectivity index (χ1) is 12.1. The van der Waals surface area contributed by atoms with Gasteiger partial charge in [-0.15, -0.1) is 0 Å². The molecule has 0 bridgehead atoms. The second-order valence-corrected chi connectivity index (χ2v) is 6.46. The van der Waals surface area contributed by atoms with E-state index in [1.807, 2.05) is 6.92 Å². The molecule has 1 fully saturated rings. The fraction of sp³-hybridized carbons (Fsp3) is 0.647. The number of aromatic nitrogens is 2. The molecule has 1 saturated carbocycles. The summed E-state index contributed by atoms with van der Waals surface area (Å²) >= 11 is 0. The SMILES string of the molecule is CC(CNC(=O)NC1CCCCC1)NC(=O)CCNc1cncnc1. The molecule has 0 radical (unpaired) electrons. The number of anilines is 1. The van der Waals surface area contributed by atoms with Gasteiger partial charge in [0.25, 0.3) is 0 Å². The quantitative estimate of drug-likeness (QED) is 0.568. The van der Waals surface area contributed by atoms with Crippen LogP contribution < -0.4 is 21.3 Å². The molecule has 3 amide bonds. The fourth-order valence-corrected chi connectivity index (χ4v) is 2.84. The van der Waals surface area contributed by atoms with Crippen LogP contribution in [0.15, 0.2) is 18.7 Å². The summed E-state index contributed by atoms with van der Waals surface area (Å²) < 4.78 is 0. The Morgan fingerprint density at radius 2 is 1.92 bits per heavy atom. The number of nitrogens with zero attached hydrogens (tertiary/aromatic N) is 2. The molecule has 25 heavy (non-hydrogen) atoms. The van der Waals surface area contributed by atoms with E-state index >= 15 is 0 Å². The second-order valence-electron chi connectivity index (χ2n) is 6.46. The summed E-state index contributed by atoms with van der Waals surface area (Å²) in [4.78, 5) is 31.6. The normalized spacial score (nSPS) is 15.9. The fourth-order valence-electron chi connectivity index (χ4n) is 2.84. The van der Waals surface area contributed by atoms with E-state index < -0.39 is 0 Å². The number of rotatable bonds is 8. The zero-order valence-electron chi connectivity index (χ0n) is 14.8. The summed E-state index contributed by atoms with van der Waals surface area (Å²) in [6.45, 7) is 2.78. The topological polar surface area (TPSA) is 108 Å². The van der Waals surface area contributed by atoms with Crippen molar-refractivity contribution in [3.63, 3.8) is 0 Å². The van der Waals surface area contributed by atoms with Crippen molar-refractivity contribution in [3.05, 3.63) is 18.7 Å². The highest BCUT2D eigenvalue weighted by molar-refractivity contribution is 5.77. The van der Waals surface area contributed by atoms with Crippen LogP contribution in [0, 0.1) is 0 Å². The Morgan fingerprint density at radius 3 is 2.64 bits per heavy atom. The van der Waals surface area contributed by atoms with Gasteiger partial charge in [0.2, 0.25) is 5.91 Å². The first-order valence-corrected chi connectivity index (χ1v) is 8.96. The van der Waals surface area contributed by atoms with Crippen LogP contribution in [-0.2, 0) is 4.79 Å². The largest absolute Gasteiger partial charge is 0.382 e. The van der Waals surface area contributed by atoms with Crippen molar-refractivity contribution < 1.29 is 9.59 Å². The number of nitrogens with one attached hydrogen (secondary N) is 4. The molecule has 1 unspecified atom stereocenters. The van der Waals surface area contributed by atoms with Gasteiger partial charge in [-0.25, -0.2) is 14.8 Å². The summed E-state index contributed by atoms with van der Waals surface area (Å²) in [6.07, 6.45) is 10.8. The van der Waals surface area contributed by atoms with E-state index in [1.165, 1.54) is 25.6 Å². The molecule has 1 atom stereocenters. The third kappa shape index (κ3) is 7.82. The van der Waals surface area contributed by atoms with Gasteiger partial charge < -0.3 is 21.3 Å². The maximum absolute atomic E-state index is 11.9. The molecular formula is C17H28N6O2. The van der Waals surface area contributed by atoms with Gasteiger partial charge in [0, 0.05) is 31.6 Å². The van der Waals surface area contributed by atoms with Crippen molar-refractivity contribution in [3.8, 4) is 0 Å². The predicted octanol–water partition coefficient (Wildman–Crippen LogP) is 1.42. The lowest BCUT2D eigenvalue weighted by molar-refractivity contribution is -0.121. The lowest BCUT2D eigenvalue weighted by Crippen LogP contribution is -2.48. The van der Waals surface area contributed by atoms with Crippen LogP contribution in [0.1, 0.15) is 45.4 Å². The molecule has 8 nitrogen and oxygen atoms in total. The van der Waals surface area contributed by atoms with Crippen LogP contribution in [0.25, 0.3) is 0 Å². The van der Waals surface area contributed by atoms with Gasteiger partial charge >= 0.3 is 6.03 Å². The monoisotopic (exact) mass is 348 g/mol. The number of urea groups is 1. The molecule has 1 aliphatic carbocycles. The van der Waals surface area contributed by atoms with Crippen molar-refractivity contribution in [1.29, 1.82) is 0 Å². The standard InChI is InChI=1S/C17H28N6O2/c1-13(9-21-17(25)23-14-5-3-2-4-6-14)22-16(24)7-8-20-15-10-18-12-19-11-15/h10-14,20H,2-9H2,1H3,(H,22,24)(H2,21,23,25). The van der Waals surface area contributed by atoms with Crippen molar-refractivity contribution in [1.82, 2.24) is 25.9 Å². The lowest BCUT2D eigenvalue weighted by atomic mass is 9.96. The minimum atomic E-state index is -0.154. The molecule has 1 aromatic heterocycles. The van der Waals surface area contributed by atoms with Gasteiger partial charge in [-0.1, -0.05) is 19.3 Å². The van der Waals surface area contributed by atoms with E-state index in [2.05, 4.69) is 31.2 Å². The Kier molecular flexibility index (Phi) is 7.94. The van der Waals surface area contributed by atoms with Crippen molar-refractivity contribution in [2.45, 2.75) is 57.5 Å². The van der Waals surface area contributed by atoms with Gasteiger partial charge in [-0.05, 0) is 19.8 Å². The average molecular weight is 348 g/mol. The third-order valence-electron chi connectivity index (χ3n) is 4.16. The van der Waals surface area contributed by atoms with Gasteiger partial charge in [0.15, 0.2) is 0 Å². The van der Waals surface area contributed by atoms with Gasteiger partial charge in [-0.3, -0.25) is 4.79 Å². The van der Waals surface area contributed by atoms with E-state index in [1.54, 1.807) is 12.4 Å². The molecule has 138 valence electrons. The summed E-state index contributed by atoms with van der Waals surface area (Å²) in [6, 6.07) is 0.00935. The molecule has 0 aromatic carbocycles. The number of amides is 3. The van der Waals surface area contributed by atoms with E-state index in [4.69, 9.17) is 0 Å². The molecule has 4 N–H and O–H groups in total. The Labute approximate surface area is 148 Å². The molecule has 8 heteroatoms. The van der Waals surface area contributed by atoms with E-state index in [-0.39, 0.29) is 24.0 Å². The van der Waals surface area contributed by atoms with E-state index in [9.17, 15) is 9.59 Å². The summed E-state index contributed by atoms with van der Waals surface area (Å²) in [5, 5.41) is 11.8. The highest BCUT2D eigenvalue weighted by atomic mass is 16.2. The van der Waals surface area contributed by atoms with E-state index in [0.717, 1.165) is 18.5 Å². The summed E-state index contributed by atoms with van der Waals surface area (Å²) in [5.41, 5.74) is 0.782. The zero-order valence-corrected chi connectivity index (χ0v) is 14.8. The predicted molar refractivity (Wildman–Crippen MR) is 96.2 cm³/mol. The number of carbonyl (C=O) groups excluding carboxylic acids is 2. The molecule has 1 aliphatic rings. The highest BCUT2D eigenvalue weighted by Gasteiger charge is 2.16. The van der Waals surface area contributed by atoms with Crippen molar-refractivity contribution in [2.24, 2.45) is 0 Å². The van der Waals surface area contributed by atoms with Crippen LogP contribution in [0.5, 0.6) is 0 Å². The minimum absolute atomic E-state index is 0.0636. The van der Waals surface area contributed by atoms with Crippen LogP contribution in [0.3, 0.4) is 0 Å². The smallest absolute Gasteiger partial charge is 0.315 e. The average Bonchev–Trinajstić information content (AvgIpc) is 2.62. The minimum Gasteiger partial charge on any atom is -0.382 e. The summed E-state index contributed by atoms with van der Waals surface area (Å²) in [5.74, 6) is -0.0636. The Bertz CT molecular complexity index is 533. The molecule has 0 aliphatic heterocycles. The van der Waals surface area contributed by atoms with Crippen LogP contribution >= 0.6 is 0 Å². The molecule has 2 rings (SSSR count). The molecule has 0 spiro atoms. The maximum atomic E-state index is 11.9. The van der Waals surface area contributed by atoms with Gasteiger partial charge in [-0.2, -0.15) is 0 Å². The second kappa shape index (κ2) is 10.5. The van der Waals surface area contributed by atoms with Crippen LogP contribution in [0.4, 0.5) is 10.5 Å². The number of hydrogen-bond acceptors (Lipinski definition) is 5. The van der Waals surface area contributed by atoms with Gasteiger partial charge in [0.05, 0.1) is 18.1 Å². The van der Waals surface area contributed by atoms with Crippen molar-refractivity contribution >= 4 is 17.6 Å². The highest BCUT2D eigenvalue weighted by Crippen LogP contribution is 2.17. The summed E-state index contributed by atoms with van der Waals surface area (Å²) in [7, 11) is 0. The number of hydrogen-bond donors (Lipinski definition) is 4.